The Hall–Kier alpha value is -2.88. The molecule has 1 aliphatic heterocycles. The highest BCUT2D eigenvalue weighted by molar-refractivity contribution is 6.30. The van der Waals surface area contributed by atoms with Crippen LogP contribution in [-0.2, 0) is 4.74 Å². The lowest BCUT2D eigenvalue weighted by Gasteiger charge is -2.06. The number of para-hydroxylation sites is 2. The summed E-state index contributed by atoms with van der Waals surface area (Å²) in [5.74, 6) is 0.121. The molecule has 0 bridgehead atoms. The molecule has 4 heteroatoms. The molecule has 3 rings (SSSR count). The smallest absolute Gasteiger partial charge is 0.222 e. The van der Waals surface area contributed by atoms with E-state index < -0.39 is 0 Å². The first-order chi connectivity index (χ1) is 10.7. The Morgan fingerprint density at radius 2 is 1.91 bits per heavy atom. The summed E-state index contributed by atoms with van der Waals surface area (Å²) < 4.78 is 5.53. The lowest BCUT2D eigenvalue weighted by Crippen LogP contribution is -2.06. The van der Waals surface area contributed by atoms with Gasteiger partial charge in [-0.05, 0) is 31.2 Å². The van der Waals surface area contributed by atoms with Gasteiger partial charge < -0.3 is 9.84 Å². The topological polar surface area (TPSA) is 58.9 Å². The van der Waals surface area contributed by atoms with Gasteiger partial charge in [0.05, 0.1) is 17.9 Å². The fourth-order valence-electron chi connectivity index (χ4n) is 2.36. The van der Waals surface area contributed by atoms with Crippen LogP contribution in [0.1, 0.15) is 22.8 Å². The molecule has 0 unspecified atom stereocenters. The summed E-state index contributed by atoms with van der Waals surface area (Å²) in [7, 11) is 0. The van der Waals surface area contributed by atoms with Crippen LogP contribution in [0.4, 0.5) is 5.69 Å². The average molecular weight is 293 g/mol. The molecule has 0 fully saturated rings. The van der Waals surface area contributed by atoms with Crippen LogP contribution in [0.15, 0.2) is 59.6 Å². The van der Waals surface area contributed by atoms with Gasteiger partial charge in [-0.25, -0.2) is 4.99 Å². The van der Waals surface area contributed by atoms with Crippen molar-refractivity contribution in [3.05, 3.63) is 65.7 Å². The Labute approximate surface area is 128 Å². The Morgan fingerprint density at radius 3 is 2.68 bits per heavy atom. The van der Waals surface area contributed by atoms with Crippen molar-refractivity contribution in [2.24, 2.45) is 4.99 Å². The van der Waals surface area contributed by atoms with Gasteiger partial charge in [0, 0.05) is 11.1 Å². The highest BCUT2D eigenvalue weighted by Crippen LogP contribution is 2.35. The lowest BCUT2D eigenvalue weighted by molar-refractivity contribution is 0.104. The molecule has 2 aromatic rings. The molecule has 22 heavy (non-hydrogen) atoms. The maximum Gasteiger partial charge on any atom is 0.222 e. The number of phenols is 1. The number of fused-ring (bicyclic) bond motifs is 1. The van der Waals surface area contributed by atoms with Gasteiger partial charge in [-0.2, -0.15) is 0 Å². The minimum atomic E-state index is -0.280. The molecule has 1 aliphatic rings. The first-order valence-electron chi connectivity index (χ1n) is 7.06. The van der Waals surface area contributed by atoms with Crippen LogP contribution >= 0.6 is 0 Å². The highest BCUT2D eigenvalue weighted by Gasteiger charge is 2.23. The van der Waals surface area contributed by atoms with Crippen LogP contribution in [-0.4, -0.2) is 23.4 Å². The van der Waals surface area contributed by atoms with Crippen LogP contribution in [0.2, 0.25) is 0 Å². The van der Waals surface area contributed by atoms with Gasteiger partial charge >= 0.3 is 0 Å². The summed E-state index contributed by atoms with van der Waals surface area (Å²) in [5, 5.41) is 9.81. The number of hydrogen-bond donors (Lipinski definition) is 1. The number of ketones is 1. The summed E-state index contributed by atoms with van der Waals surface area (Å²) in [5.41, 5.74) is 2.54. The molecule has 1 heterocycles. The van der Waals surface area contributed by atoms with E-state index in [1.807, 2.05) is 31.2 Å². The largest absolute Gasteiger partial charge is 0.507 e. The van der Waals surface area contributed by atoms with Crippen LogP contribution in [0, 0.1) is 0 Å². The summed E-state index contributed by atoms with van der Waals surface area (Å²) in [6.45, 7) is 2.34. The monoisotopic (exact) mass is 293 g/mol. The fourth-order valence-corrected chi connectivity index (χ4v) is 2.36. The highest BCUT2D eigenvalue weighted by atomic mass is 16.5. The first kappa shape index (κ1) is 14.1. The number of hydrogen-bond acceptors (Lipinski definition) is 4. The van der Waals surface area contributed by atoms with Gasteiger partial charge in [-0.3, -0.25) is 4.79 Å². The van der Waals surface area contributed by atoms with Gasteiger partial charge in [-0.15, -0.1) is 0 Å². The summed E-state index contributed by atoms with van der Waals surface area (Å²) in [6, 6.07) is 14.0. The van der Waals surface area contributed by atoms with Crippen LogP contribution in [0.3, 0.4) is 0 Å². The molecule has 4 nitrogen and oxygen atoms in total. The van der Waals surface area contributed by atoms with Crippen LogP contribution in [0.5, 0.6) is 5.75 Å². The lowest BCUT2D eigenvalue weighted by atomic mass is 10.0. The number of phenolic OH excluding ortho intramolecular Hbond substituents is 1. The molecule has 2 aromatic carbocycles. The number of ether oxygens (including phenoxy) is 1. The molecule has 0 aliphatic carbocycles. The minimum Gasteiger partial charge on any atom is -0.507 e. The van der Waals surface area contributed by atoms with E-state index in [0.717, 1.165) is 11.3 Å². The molecule has 0 amide bonds. The quantitative estimate of drug-likeness (QED) is 0.692. The van der Waals surface area contributed by atoms with Gasteiger partial charge in [0.25, 0.3) is 0 Å². The van der Waals surface area contributed by atoms with Crippen molar-refractivity contribution in [1.29, 1.82) is 0 Å². The van der Waals surface area contributed by atoms with E-state index in [4.69, 9.17) is 4.74 Å². The van der Waals surface area contributed by atoms with Crippen molar-refractivity contribution in [1.82, 2.24) is 0 Å². The number of rotatable bonds is 3. The molecule has 0 radical (unpaired) electrons. The molecule has 0 saturated heterocycles. The van der Waals surface area contributed by atoms with Crippen molar-refractivity contribution in [3.63, 3.8) is 0 Å². The zero-order valence-electron chi connectivity index (χ0n) is 12.1. The molecule has 0 atom stereocenters. The zero-order chi connectivity index (χ0) is 15.5. The van der Waals surface area contributed by atoms with Gasteiger partial charge in [0.1, 0.15) is 5.75 Å². The predicted octanol–water partition coefficient (Wildman–Crippen LogP) is 3.74. The predicted molar refractivity (Wildman–Crippen MR) is 85.6 cm³/mol. The number of aliphatic imine (C=N–C) groups is 1. The maximum atomic E-state index is 12.4. The van der Waals surface area contributed by atoms with Gasteiger partial charge in [0.15, 0.2) is 5.78 Å². The number of benzene rings is 2. The van der Waals surface area contributed by atoms with E-state index in [1.165, 1.54) is 12.1 Å². The number of carbonyl (C=O) groups is 1. The zero-order valence-corrected chi connectivity index (χ0v) is 12.1. The Balaban J connectivity index is 2.03. The molecule has 0 saturated carbocycles. The third kappa shape index (κ3) is 2.51. The van der Waals surface area contributed by atoms with E-state index in [2.05, 4.69) is 4.99 Å². The maximum absolute atomic E-state index is 12.4. The van der Waals surface area contributed by atoms with E-state index >= 15 is 0 Å². The van der Waals surface area contributed by atoms with Crippen molar-refractivity contribution in [2.45, 2.75) is 6.92 Å². The second kappa shape index (κ2) is 5.85. The third-order valence-corrected chi connectivity index (χ3v) is 3.37. The Bertz CT molecular complexity index is 790. The molecular formula is C18H15NO3. The van der Waals surface area contributed by atoms with E-state index in [1.54, 1.807) is 18.2 Å². The normalized spacial score (nSPS) is 14.6. The van der Waals surface area contributed by atoms with Crippen molar-refractivity contribution >= 4 is 22.9 Å². The summed E-state index contributed by atoms with van der Waals surface area (Å²) in [4.78, 5) is 16.8. The van der Waals surface area contributed by atoms with E-state index in [-0.39, 0.29) is 17.1 Å². The number of nitrogens with zero attached hydrogens (tertiary/aromatic N) is 1. The SMILES string of the molecule is CCOC1=Nc2ccccc2/C1=C\C(=O)c1ccccc1O. The van der Waals surface area contributed by atoms with Crippen molar-refractivity contribution in [2.75, 3.05) is 6.61 Å². The van der Waals surface area contributed by atoms with Crippen molar-refractivity contribution in [3.8, 4) is 5.75 Å². The van der Waals surface area contributed by atoms with Gasteiger partial charge in [-0.1, -0.05) is 30.3 Å². The molecule has 0 spiro atoms. The van der Waals surface area contributed by atoms with Crippen molar-refractivity contribution < 1.29 is 14.6 Å². The summed E-state index contributed by atoms with van der Waals surface area (Å²) in [6.07, 6.45) is 1.47. The minimum absolute atomic E-state index is 0.0365. The fraction of sp³-hybridized carbons (Fsp3) is 0.111. The molecule has 1 N–H and O–H groups in total. The standard InChI is InChI=1S/C18H15NO3/c1-2-22-18-14(12-7-3-5-9-15(12)19-18)11-17(21)13-8-4-6-10-16(13)20/h3-11,20H,2H2,1H3/b14-11+. The number of carbonyl (C=O) groups excluding carboxylic acids is 1. The molecule has 0 aromatic heterocycles. The van der Waals surface area contributed by atoms with E-state index in [9.17, 15) is 9.90 Å². The Morgan fingerprint density at radius 1 is 1.18 bits per heavy atom. The molecule has 110 valence electrons. The van der Waals surface area contributed by atoms with Crippen LogP contribution in [0.25, 0.3) is 5.57 Å². The summed E-state index contributed by atoms with van der Waals surface area (Å²) >= 11 is 0. The number of aromatic hydroxyl groups is 1. The number of allylic oxidation sites excluding steroid dienone is 1. The average Bonchev–Trinajstić information content (AvgIpc) is 2.86. The second-order valence-electron chi connectivity index (χ2n) is 4.81. The molecular weight excluding hydrogens is 278 g/mol. The van der Waals surface area contributed by atoms with Crippen LogP contribution < -0.4 is 0 Å². The third-order valence-electron chi connectivity index (χ3n) is 3.37. The Kier molecular flexibility index (Phi) is 3.74. The first-order valence-corrected chi connectivity index (χ1v) is 7.06. The van der Waals surface area contributed by atoms with E-state index in [0.29, 0.717) is 18.1 Å². The second-order valence-corrected chi connectivity index (χ2v) is 4.81. The van der Waals surface area contributed by atoms with Gasteiger partial charge in [0.2, 0.25) is 5.90 Å².